The van der Waals surface area contributed by atoms with Crippen molar-refractivity contribution in [1.29, 1.82) is 0 Å². The number of benzene rings is 1. The van der Waals surface area contributed by atoms with Gasteiger partial charge in [-0.25, -0.2) is 9.67 Å². The Bertz CT molecular complexity index is 703. The van der Waals surface area contributed by atoms with Gasteiger partial charge in [0.05, 0.1) is 12.7 Å². The maximum atomic E-state index is 4.58. The van der Waals surface area contributed by atoms with Crippen molar-refractivity contribution in [3.8, 4) is 0 Å². The van der Waals surface area contributed by atoms with E-state index in [-0.39, 0.29) is 0 Å². The predicted octanol–water partition coefficient (Wildman–Crippen LogP) is 2.98. The van der Waals surface area contributed by atoms with E-state index in [1.165, 1.54) is 11.1 Å². The summed E-state index contributed by atoms with van der Waals surface area (Å²) in [6, 6.07) is 12.5. The van der Waals surface area contributed by atoms with Crippen molar-refractivity contribution in [2.75, 3.05) is 6.54 Å². The third kappa shape index (κ3) is 3.28. The van der Waals surface area contributed by atoms with Gasteiger partial charge in [0.1, 0.15) is 0 Å². The number of hydrogen-bond acceptors (Lipinski definition) is 3. The summed E-state index contributed by atoms with van der Waals surface area (Å²) >= 11 is 0. The zero-order valence-electron chi connectivity index (χ0n) is 12.3. The van der Waals surface area contributed by atoms with E-state index in [4.69, 9.17) is 0 Å². The second kappa shape index (κ2) is 6.50. The quantitative estimate of drug-likeness (QED) is 0.706. The molecule has 0 saturated heterocycles. The van der Waals surface area contributed by atoms with Crippen LogP contribution in [-0.4, -0.2) is 21.3 Å². The van der Waals surface area contributed by atoms with E-state index in [0.717, 1.165) is 37.1 Å². The summed E-state index contributed by atoms with van der Waals surface area (Å²) in [6.07, 6.45) is 4.98. The first-order valence-corrected chi connectivity index (χ1v) is 7.42. The number of nitrogens with one attached hydrogen (secondary N) is 1. The fourth-order valence-corrected chi connectivity index (χ4v) is 2.40. The van der Waals surface area contributed by atoms with Crippen LogP contribution >= 0.6 is 0 Å². The van der Waals surface area contributed by atoms with Gasteiger partial charge in [-0.1, -0.05) is 37.3 Å². The molecule has 0 saturated carbocycles. The zero-order chi connectivity index (χ0) is 14.5. The summed E-state index contributed by atoms with van der Waals surface area (Å²) in [5, 5.41) is 8.96. The number of pyridine rings is 1. The molecule has 0 atom stereocenters. The van der Waals surface area contributed by atoms with Gasteiger partial charge in [-0.15, -0.1) is 0 Å². The zero-order valence-corrected chi connectivity index (χ0v) is 12.3. The van der Waals surface area contributed by atoms with Crippen molar-refractivity contribution in [2.24, 2.45) is 0 Å². The molecule has 3 rings (SSSR count). The highest BCUT2D eigenvalue weighted by Crippen LogP contribution is 2.14. The minimum Gasteiger partial charge on any atom is -0.313 e. The summed E-state index contributed by atoms with van der Waals surface area (Å²) in [5.41, 5.74) is 3.38. The maximum Gasteiger partial charge on any atom is 0.158 e. The third-order valence-electron chi connectivity index (χ3n) is 3.46. The fraction of sp³-hybridized carbons (Fsp3) is 0.294. The van der Waals surface area contributed by atoms with Gasteiger partial charge >= 0.3 is 0 Å². The number of hydrogen-bond donors (Lipinski definition) is 1. The second-order valence-electron chi connectivity index (χ2n) is 5.22. The Kier molecular flexibility index (Phi) is 4.26. The van der Waals surface area contributed by atoms with E-state index >= 15 is 0 Å². The van der Waals surface area contributed by atoms with E-state index in [1.54, 1.807) is 0 Å². The van der Waals surface area contributed by atoms with Gasteiger partial charge in [-0.3, -0.25) is 0 Å². The average molecular weight is 280 g/mol. The molecule has 4 nitrogen and oxygen atoms in total. The number of nitrogens with zero attached hydrogens (tertiary/aromatic N) is 3. The Labute approximate surface area is 124 Å². The highest BCUT2D eigenvalue weighted by atomic mass is 15.3. The first-order valence-electron chi connectivity index (χ1n) is 7.42. The van der Waals surface area contributed by atoms with Crippen LogP contribution in [0.15, 0.2) is 48.8 Å². The van der Waals surface area contributed by atoms with Crippen molar-refractivity contribution in [1.82, 2.24) is 20.1 Å². The molecule has 1 aromatic carbocycles. The Morgan fingerprint density at radius 1 is 1.10 bits per heavy atom. The lowest BCUT2D eigenvalue weighted by Crippen LogP contribution is -2.13. The molecule has 2 heterocycles. The SMILES string of the molecule is CCCNCc1cnc2c(cnn2Cc2ccccc2)c1. The van der Waals surface area contributed by atoms with Gasteiger partial charge in [0.2, 0.25) is 0 Å². The molecule has 21 heavy (non-hydrogen) atoms. The molecule has 0 aliphatic heterocycles. The lowest BCUT2D eigenvalue weighted by Gasteiger charge is -2.05. The molecule has 0 fully saturated rings. The summed E-state index contributed by atoms with van der Waals surface area (Å²) in [6.45, 7) is 4.82. The maximum absolute atomic E-state index is 4.58. The van der Waals surface area contributed by atoms with Gasteiger partial charge in [-0.05, 0) is 30.2 Å². The molecule has 108 valence electrons. The van der Waals surface area contributed by atoms with Crippen molar-refractivity contribution < 1.29 is 0 Å². The Hall–Kier alpha value is -2.20. The van der Waals surface area contributed by atoms with Crippen LogP contribution in [-0.2, 0) is 13.1 Å². The highest BCUT2D eigenvalue weighted by Gasteiger charge is 2.05. The average Bonchev–Trinajstić information content (AvgIpc) is 2.91. The molecule has 0 unspecified atom stereocenters. The number of fused-ring (bicyclic) bond motifs is 1. The Morgan fingerprint density at radius 3 is 2.76 bits per heavy atom. The van der Waals surface area contributed by atoms with Crippen LogP contribution in [0.1, 0.15) is 24.5 Å². The van der Waals surface area contributed by atoms with E-state index in [0.29, 0.717) is 0 Å². The van der Waals surface area contributed by atoms with Crippen molar-refractivity contribution in [2.45, 2.75) is 26.4 Å². The van der Waals surface area contributed by atoms with Gasteiger partial charge in [0, 0.05) is 18.1 Å². The van der Waals surface area contributed by atoms with Crippen molar-refractivity contribution in [3.05, 3.63) is 59.9 Å². The largest absolute Gasteiger partial charge is 0.313 e. The smallest absolute Gasteiger partial charge is 0.158 e. The highest BCUT2D eigenvalue weighted by molar-refractivity contribution is 5.75. The molecular formula is C17H20N4. The lowest BCUT2D eigenvalue weighted by atomic mass is 10.2. The van der Waals surface area contributed by atoms with Crippen LogP contribution in [0.4, 0.5) is 0 Å². The van der Waals surface area contributed by atoms with Crippen LogP contribution < -0.4 is 5.32 Å². The van der Waals surface area contributed by atoms with E-state index in [2.05, 4.69) is 40.5 Å². The fourth-order valence-electron chi connectivity index (χ4n) is 2.40. The van der Waals surface area contributed by atoms with Crippen LogP contribution in [0.3, 0.4) is 0 Å². The minimum atomic E-state index is 0.755. The molecule has 2 aromatic heterocycles. The predicted molar refractivity (Wildman–Crippen MR) is 85.1 cm³/mol. The molecular weight excluding hydrogens is 260 g/mol. The van der Waals surface area contributed by atoms with Crippen LogP contribution in [0.25, 0.3) is 11.0 Å². The first kappa shape index (κ1) is 13.8. The lowest BCUT2D eigenvalue weighted by molar-refractivity contribution is 0.673. The Balaban J connectivity index is 1.79. The summed E-state index contributed by atoms with van der Waals surface area (Å²) < 4.78 is 1.95. The first-order chi connectivity index (χ1) is 10.4. The normalized spacial score (nSPS) is 11.1. The van der Waals surface area contributed by atoms with Gasteiger partial charge in [-0.2, -0.15) is 5.10 Å². The molecule has 0 spiro atoms. The standard InChI is InChI=1S/C17H20N4/c1-2-8-18-10-15-9-16-12-20-21(17(16)19-11-15)13-14-6-4-3-5-7-14/h3-7,9,11-12,18H,2,8,10,13H2,1H3. The number of aromatic nitrogens is 3. The Morgan fingerprint density at radius 2 is 1.95 bits per heavy atom. The summed E-state index contributed by atoms with van der Waals surface area (Å²) in [4.78, 5) is 4.58. The van der Waals surface area contributed by atoms with Gasteiger partial charge in [0.15, 0.2) is 5.65 Å². The third-order valence-corrected chi connectivity index (χ3v) is 3.46. The minimum absolute atomic E-state index is 0.755. The van der Waals surface area contributed by atoms with Crippen LogP contribution in [0.2, 0.25) is 0 Å². The molecule has 0 bridgehead atoms. The molecule has 4 heteroatoms. The summed E-state index contributed by atoms with van der Waals surface area (Å²) in [7, 11) is 0. The van der Waals surface area contributed by atoms with Crippen molar-refractivity contribution >= 4 is 11.0 Å². The van der Waals surface area contributed by atoms with Crippen LogP contribution in [0.5, 0.6) is 0 Å². The number of rotatable bonds is 6. The van der Waals surface area contributed by atoms with E-state index in [9.17, 15) is 0 Å². The van der Waals surface area contributed by atoms with Gasteiger partial charge < -0.3 is 5.32 Å². The molecule has 0 aliphatic carbocycles. The monoisotopic (exact) mass is 280 g/mol. The van der Waals surface area contributed by atoms with Crippen molar-refractivity contribution in [3.63, 3.8) is 0 Å². The molecule has 1 N–H and O–H groups in total. The molecule has 0 aliphatic rings. The van der Waals surface area contributed by atoms with Crippen LogP contribution in [0, 0.1) is 0 Å². The van der Waals surface area contributed by atoms with E-state index < -0.39 is 0 Å². The summed E-state index contributed by atoms with van der Waals surface area (Å²) in [5.74, 6) is 0. The topological polar surface area (TPSA) is 42.7 Å². The molecule has 0 radical (unpaired) electrons. The molecule has 3 aromatic rings. The second-order valence-corrected chi connectivity index (χ2v) is 5.22. The van der Waals surface area contributed by atoms with E-state index in [1.807, 2.05) is 35.3 Å². The van der Waals surface area contributed by atoms with Gasteiger partial charge in [0.25, 0.3) is 0 Å². The molecule has 0 amide bonds.